The first kappa shape index (κ1) is 23.3. The van der Waals surface area contributed by atoms with Gasteiger partial charge in [-0.2, -0.15) is 0 Å². The fraction of sp³-hybridized carbons (Fsp3) is 0.200. The summed E-state index contributed by atoms with van der Waals surface area (Å²) in [7, 11) is -2.09. The molecule has 0 bridgehead atoms. The van der Waals surface area contributed by atoms with Crippen molar-refractivity contribution in [1.29, 1.82) is 0 Å². The molecule has 0 saturated carbocycles. The molecule has 1 atom stereocenters. The van der Waals surface area contributed by atoms with Crippen LogP contribution in [0.2, 0.25) is 0 Å². The average molecular weight is 480 g/mol. The van der Waals surface area contributed by atoms with Gasteiger partial charge in [-0.05, 0) is 42.3 Å². The Morgan fingerprint density at radius 2 is 1.74 bits per heavy atom. The predicted molar refractivity (Wildman–Crippen MR) is 128 cm³/mol. The second-order valence-electron chi connectivity index (χ2n) is 7.73. The van der Waals surface area contributed by atoms with E-state index in [2.05, 4.69) is 15.0 Å². The summed E-state index contributed by atoms with van der Waals surface area (Å²) >= 11 is 0. The van der Waals surface area contributed by atoms with E-state index in [1.807, 2.05) is 36.4 Å². The molecule has 1 amide bonds. The Labute approximate surface area is 198 Å². The number of sulfonamides is 1. The molecular weight excluding hydrogens is 454 g/mol. The summed E-state index contributed by atoms with van der Waals surface area (Å²) in [5.41, 5.74) is 2.32. The van der Waals surface area contributed by atoms with E-state index in [4.69, 9.17) is 9.47 Å². The number of rotatable bonds is 8. The van der Waals surface area contributed by atoms with Crippen LogP contribution in [0.4, 0.5) is 0 Å². The molecule has 2 N–H and O–H groups in total. The molecule has 8 nitrogen and oxygen atoms in total. The number of benzene rings is 3. The van der Waals surface area contributed by atoms with Crippen molar-refractivity contribution in [2.45, 2.75) is 31.0 Å². The zero-order chi connectivity index (χ0) is 24.1. The monoisotopic (exact) mass is 479 g/mol. The lowest BCUT2D eigenvalue weighted by Crippen LogP contribution is -2.33. The number of carbonyl (C=O) groups is 1. The molecule has 4 rings (SSSR count). The molecule has 1 aliphatic heterocycles. The van der Waals surface area contributed by atoms with Crippen molar-refractivity contribution in [2.75, 3.05) is 7.11 Å². The van der Waals surface area contributed by atoms with E-state index in [-0.39, 0.29) is 23.2 Å². The molecule has 9 heteroatoms. The Morgan fingerprint density at radius 1 is 1.00 bits per heavy atom. The Morgan fingerprint density at radius 3 is 2.50 bits per heavy atom. The Hall–Kier alpha value is -3.85. The van der Waals surface area contributed by atoms with E-state index in [0.29, 0.717) is 23.7 Å². The van der Waals surface area contributed by atoms with E-state index < -0.39 is 16.1 Å². The lowest BCUT2D eigenvalue weighted by Gasteiger charge is -2.13. The number of amidine groups is 1. The van der Waals surface area contributed by atoms with Gasteiger partial charge in [0.05, 0.1) is 12.0 Å². The average Bonchev–Trinajstić information content (AvgIpc) is 3.11. The van der Waals surface area contributed by atoms with E-state index >= 15 is 0 Å². The summed E-state index contributed by atoms with van der Waals surface area (Å²) in [4.78, 5) is 17.1. The fourth-order valence-corrected chi connectivity index (χ4v) is 4.73. The van der Waals surface area contributed by atoms with Crippen molar-refractivity contribution in [3.05, 3.63) is 89.5 Å². The summed E-state index contributed by atoms with van der Waals surface area (Å²) in [6.07, 6.45) is 0. The lowest BCUT2D eigenvalue weighted by molar-refractivity contribution is -0.122. The molecule has 1 aliphatic rings. The summed E-state index contributed by atoms with van der Waals surface area (Å²) in [6.45, 7) is 2.28. The predicted octanol–water partition coefficient (Wildman–Crippen LogP) is 3.02. The molecule has 3 aromatic rings. The first-order chi connectivity index (χ1) is 16.4. The van der Waals surface area contributed by atoms with Crippen LogP contribution in [0.5, 0.6) is 11.5 Å². The van der Waals surface area contributed by atoms with Crippen LogP contribution in [0.3, 0.4) is 0 Å². The van der Waals surface area contributed by atoms with Crippen molar-refractivity contribution in [3.8, 4) is 11.5 Å². The molecule has 0 saturated heterocycles. The van der Waals surface area contributed by atoms with E-state index in [0.717, 1.165) is 11.1 Å². The number of aliphatic imine (C=N–C) groups is 1. The maximum atomic E-state index is 12.6. The van der Waals surface area contributed by atoms with Gasteiger partial charge in [0.25, 0.3) is 10.0 Å². The minimum atomic E-state index is -3.65. The third-order valence-electron chi connectivity index (χ3n) is 5.30. The Kier molecular flexibility index (Phi) is 6.83. The first-order valence-electron chi connectivity index (χ1n) is 10.7. The van der Waals surface area contributed by atoms with Crippen molar-refractivity contribution >= 4 is 21.8 Å². The van der Waals surface area contributed by atoms with Crippen LogP contribution in [-0.2, 0) is 28.0 Å². The highest BCUT2D eigenvalue weighted by Crippen LogP contribution is 2.29. The van der Waals surface area contributed by atoms with Gasteiger partial charge in [0.2, 0.25) is 5.91 Å². The number of amides is 1. The second kappa shape index (κ2) is 9.96. The number of carbonyl (C=O) groups excluding carboxylic acids is 1. The van der Waals surface area contributed by atoms with Gasteiger partial charge in [0, 0.05) is 12.1 Å². The molecule has 0 fully saturated rings. The zero-order valence-electron chi connectivity index (χ0n) is 18.8. The van der Waals surface area contributed by atoms with E-state index in [9.17, 15) is 13.2 Å². The summed E-state index contributed by atoms with van der Waals surface area (Å²) in [5.74, 6) is 1.00. The van der Waals surface area contributed by atoms with Crippen molar-refractivity contribution in [3.63, 3.8) is 0 Å². The minimum Gasteiger partial charge on any atom is -0.493 e. The molecule has 176 valence electrons. The third-order valence-corrected chi connectivity index (χ3v) is 6.69. The van der Waals surface area contributed by atoms with Gasteiger partial charge in [-0.1, -0.05) is 48.5 Å². The number of hydrogen-bond donors (Lipinski definition) is 2. The van der Waals surface area contributed by atoms with Crippen molar-refractivity contribution < 1.29 is 22.7 Å². The number of hydrogen-bond acceptors (Lipinski definition) is 6. The van der Waals surface area contributed by atoms with Gasteiger partial charge < -0.3 is 14.8 Å². The third kappa shape index (κ3) is 5.20. The highest BCUT2D eigenvalue weighted by molar-refractivity contribution is 7.90. The fourth-order valence-electron chi connectivity index (χ4n) is 3.50. The summed E-state index contributed by atoms with van der Waals surface area (Å²) < 4.78 is 38.2. The van der Waals surface area contributed by atoms with Crippen LogP contribution in [0.15, 0.2) is 82.7 Å². The standard InChI is InChI=1S/C25H25N3O5S/c1-17(27-24-20-10-6-7-11-23(20)34(30,31)28-24)25(29)26-15-19-12-13-21(22(14-19)32-2)33-16-18-8-4-3-5-9-18/h3-14,17H,15-16H2,1-2H3,(H,26,29)(H,27,28)/t17-/m0/s1. The van der Waals surface area contributed by atoms with E-state index in [1.165, 1.54) is 6.07 Å². The van der Waals surface area contributed by atoms with Crippen molar-refractivity contribution in [2.24, 2.45) is 4.99 Å². The topological polar surface area (TPSA) is 106 Å². The van der Waals surface area contributed by atoms with Crippen LogP contribution in [-0.4, -0.2) is 33.3 Å². The SMILES string of the molecule is COc1cc(CNC(=O)[C@H](C)N=C2NS(=O)(=O)c3ccccc32)ccc1OCc1ccccc1. The molecule has 0 aliphatic carbocycles. The van der Waals surface area contributed by atoms with Gasteiger partial charge in [-0.15, -0.1) is 0 Å². The Bertz CT molecular complexity index is 1320. The van der Waals surface area contributed by atoms with Gasteiger partial charge in [-0.3, -0.25) is 14.5 Å². The zero-order valence-corrected chi connectivity index (χ0v) is 19.6. The number of ether oxygens (including phenoxy) is 2. The number of nitrogens with zero attached hydrogens (tertiary/aromatic N) is 1. The smallest absolute Gasteiger partial charge is 0.263 e. The highest BCUT2D eigenvalue weighted by atomic mass is 32.2. The maximum absolute atomic E-state index is 12.6. The first-order valence-corrected chi connectivity index (χ1v) is 12.2. The highest BCUT2D eigenvalue weighted by Gasteiger charge is 2.31. The molecule has 3 aromatic carbocycles. The molecule has 0 unspecified atom stereocenters. The quantitative estimate of drug-likeness (QED) is 0.517. The van der Waals surface area contributed by atoms with Crippen molar-refractivity contribution in [1.82, 2.24) is 10.0 Å². The van der Waals surface area contributed by atoms with Gasteiger partial charge in [0.1, 0.15) is 18.5 Å². The normalized spacial score (nSPS) is 15.8. The molecule has 0 radical (unpaired) electrons. The van der Waals surface area contributed by atoms with Gasteiger partial charge in [0.15, 0.2) is 11.5 Å². The molecule has 34 heavy (non-hydrogen) atoms. The van der Waals surface area contributed by atoms with Crippen LogP contribution in [0.25, 0.3) is 0 Å². The molecule has 0 aromatic heterocycles. The summed E-state index contributed by atoms with van der Waals surface area (Å²) in [5, 5.41) is 2.83. The van der Waals surface area contributed by atoms with Crippen LogP contribution >= 0.6 is 0 Å². The van der Waals surface area contributed by atoms with Crippen LogP contribution in [0, 0.1) is 0 Å². The number of nitrogens with one attached hydrogen (secondary N) is 2. The molecule has 0 spiro atoms. The molecule has 1 heterocycles. The largest absolute Gasteiger partial charge is 0.493 e. The summed E-state index contributed by atoms with van der Waals surface area (Å²) in [6, 6.07) is 21.0. The van der Waals surface area contributed by atoms with Crippen LogP contribution < -0.4 is 19.5 Å². The number of fused-ring (bicyclic) bond motifs is 1. The molecular formula is C25H25N3O5S. The lowest BCUT2D eigenvalue weighted by atomic mass is 10.2. The van der Waals surface area contributed by atoms with Crippen LogP contribution in [0.1, 0.15) is 23.6 Å². The Balaban J connectivity index is 1.38. The second-order valence-corrected chi connectivity index (χ2v) is 9.38. The number of methoxy groups -OCH3 is 1. The minimum absolute atomic E-state index is 0.156. The van der Waals surface area contributed by atoms with E-state index in [1.54, 1.807) is 44.4 Å². The van der Waals surface area contributed by atoms with Gasteiger partial charge in [-0.25, -0.2) is 8.42 Å². The maximum Gasteiger partial charge on any atom is 0.263 e. The van der Waals surface area contributed by atoms with Gasteiger partial charge >= 0.3 is 0 Å².